The van der Waals surface area contributed by atoms with Crippen molar-refractivity contribution in [2.24, 2.45) is 0 Å². The number of hydrogen-bond donors (Lipinski definition) is 6. The number of amides is 1. The van der Waals surface area contributed by atoms with E-state index in [1.165, 1.54) is 0 Å². The summed E-state index contributed by atoms with van der Waals surface area (Å²) in [6, 6.07) is 5.30. The molecule has 164 valence electrons. The van der Waals surface area contributed by atoms with E-state index in [9.17, 15) is 19.2 Å². The number of carboxylic acids is 2. The summed E-state index contributed by atoms with van der Waals surface area (Å²) < 4.78 is 0. The first-order chi connectivity index (χ1) is 14.7. The number of aliphatic carboxylic acids is 2. The third-order valence-corrected chi connectivity index (χ3v) is 4.79. The molecule has 0 unspecified atom stereocenters. The van der Waals surface area contributed by atoms with Gasteiger partial charge >= 0.3 is 41.5 Å². The van der Waals surface area contributed by atoms with Gasteiger partial charge in [0.1, 0.15) is 11.7 Å². The first-order valence-corrected chi connectivity index (χ1v) is 9.44. The van der Waals surface area contributed by atoms with Crippen molar-refractivity contribution in [3.8, 4) is 0 Å². The van der Waals surface area contributed by atoms with Gasteiger partial charge in [-0.05, 0) is 42.5 Å². The minimum Gasteiger partial charge on any atom is -1.00 e. The van der Waals surface area contributed by atoms with Gasteiger partial charge in [0.15, 0.2) is 0 Å². The molecular weight excluding hydrogens is 429 g/mol. The predicted molar refractivity (Wildman–Crippen MR) is 112 cm³/mol. The van der Waals surface area contributed by atoms with Gasteiger partial charge < -0.3 is 27.7 Å². The van der Waals surface area contributed by atoms with E-state index in [1.807, 2.05) is 0 Å². The van der Waals surface area contributed by atoms with Gasteiger partial charge in [-0.25, -0.2) is 4.79 Å². The summed E-state index contributed by atoms with van der Waals surface area (Å²) in [5.41, 5.74) is 7.59. The van der Waals surface area contributed by atoms with Crippen molar-refractivity contribution in [1.82, 2.24) is 20.3 Å². The van der Waals surface area contributed by atoms with Crippen LogP contribution in [-0.4, -0.2) is 49.1 Å². The van der Waals surface area contributed by atoms with Crippen LogP contribution in [-0.2, 0) is 22.4 Å². The minimum atomic E-state index is -1.30. The molecule has 0 spiro atoms. The standard InChI is InChI=1S/C20H21N5O6.Na.H/c21-20-24-16-15(18(29)25-20)12(9-22-16)6-3-10-1-4-11(5-2-10)17(28)23-13(19(30)31)7-8-14(26)27;;/h1-2,4-5,9,13H,3,6-8H2,(H,23,28)(H,26,27)(H,30,31)(H4,21,22,24,25,29);;/q;+1;-1/t13-;;/m0../s1. The number of carbonyl (C=O) groups excluding carboxylic acids is 1. The topological polar surface area (TPSA) is 191 Å². The van der Waals surface area contributed by atoms with Gasteiger partial charge in [0, 0.05) is 18.2 Å². The van der Waals surface area contributed by atoms with E-state index in [2.05, 4.69) is 20.3 Å². The third kappa shape index (κ3) is 6.19. The van der Waals surface area contributed by atoms with E-state index in [-0.39, 0.29) is 60.9 Å². The molecule has 32 heavy (non-hydrogen) atoms. The van der Waals surface area contributed by atoms with Crippen LogP contribution >= 0.6 is 0 Å². The number of nitrogens with zero attached hydrogens (tertiary/aromatic N) is 1. The summed E-state index contributed by atoms with van der Waals surface area (Å²) in [7, 11) is 0. The Hall–Kier alpha value is -3.15. The summed E-state index contributed by atoms with van der Waals surface area (Å²) in [6.07, 6.45) is 2.27. The van der Waals surface area contributed by atoms with Crippen LogP contribution in [0.15, 0.2) is 35.3 Å². The Morgan fingerprint density at radius 1 is 1.16 bits per heavy atom. The van der Waals surface area contributed by atoms with Crippen molar-refractivity contribution in [3.05, 3.63) is 57.5 Å². The molecule has 0 aliphatic carbocycles. The Morgan fingerprint density at radius 2 is 1.84 bits per heavy atom. The second-order valence-corrected chi connectivity index (χ2v) is 6.98. The molecule has 12 heteroatoms. The van der Waals surface area contributed by atoms with E-state index in [0.717, 1.165) is 11.1 Å². The van der Waals surface area contributed by atoms with E-state index in [4.69, 9.17) is 15.9 Å². The summed E-state index contributed by atoms with van der Waals surface area (Å²) >= 11 is 0. The summed E-state index contributed by atoms with van der Waals surface area (Å²) in [5.74, 6) is -3.00. The maximum absolute atomic E-state index is 12.3. The van der Waals surface area contributed by atoms with E-state index >= 15 is 0 Å². The number of nitrogens with one attached hydrogen (secondary N) is 3. The Morgan fingerprint density at radius 3 is 2.47 bits per heavy atom. The SMILES string of the molecule is Nc1nc2[nH]cc(CCc3ccc(C(=O)N[C@@H](CCC(=O)O)C(=O)O)cc3)c2c(=O)[nH]1.[H-].[Na+]. The Labute approximate surface area is 205 Å². The van der Waals surface area contributed by atoms with Crippen molar-refractivity contribution in [1.29, 1.82) is 0 Å². The monoisotopic (exact) mass is 451 g/mol. The van der Waals surface area contributed by atoms with Crippen molar-refractivity contribution < 1.29 is 55.6 Å². The van der Waals surface area contributed by atoms with Crippen LogP contribution in [0.3, 0.4) is 0 Å². The van der Waals surface area contributed by atoms with Gasteiger partial charge in [-0.3, -0.25) is 19.4 Å². The molecule has 0 aliphatic rings. The molecule has 7 N–H and O–H groups in total. The summed E-state index contributed by atoms with van der Waals surface area (Å²) in [6.45, 7) is 0. The van der Waals surface area contributed by atoms with E-state index in [1.54, 1.807) is 30.5 Å². The maximum Gasteiger partial charge on any atom is 1.00 e. The van der Waals surface area contributed by atoms with Crippen LogP contribution < -0.4 is 46.2 Å². The van der Waals surface area contributed by atoms with Crippen LogP contribution in [0.4, 0.5) is 5.95 Å². The normalized spacial score (nSPS) is 11.5. The quantitative estimate of drug-likeness (QED) is 0.197. The average molecular weight is 451 g/mol. The number of hydrogen-bond acceptors (Lipinski definition) is 6. The van der Waals surface area contributed by atoms with Crippen molar-refractivity contribution in [3.63, 3.8) is 0 Å². The number of nitrogens with two attached hydrogens (primary N) is 1. The van der Waals surface area contributed by atoms with Gasteiger partial charge in [0.05, 0.1) is 5.39 Å². The number of fused-ring (bicyclic) bond motifs is 1. The van der Waals surface area contributed by atoms with E-state index < -0.39 is 23.9 Å². The predicted octanol–water partition coefficient (Wildman–Crippen LogP) is -2.22. The van der Waals surface area contributed by atoms with Crippen molar-refractivity contribution in [2.75, 3.05) is 5.73 Å². The second kappa shape index (κ2) is 10.9. The molecule has 0 saturated carbocycles. The summed E-state index contributed by atoms with van der Waals surface area (Å²) in [4.78, 5) is 55.7. The number of aromatic amines is 2. The number of benzene rings is 1. The first kappa shape index (κ1) is 25.1. The van der Waals surface area contributed by atoms with Crippen LogP contribution in [0.1, 0.15) is 35.8 Å². The molecule has 1 aromatic carbocycles. The van der Waals surface area contributed by atoms with Crippen LogP contribution in [0.25, 0.3) is 11.0 Å². The largest absolute Gasteiger partial charge is 1.00 e. The zero-order chi connectivity index (χ0) is 22.5. The number of anilines is 1. The molecule has 3 rings (SSSR count). The van der Waals surface area contributed by atoms with Crippen LogP contribution in [0.5, 0.6) is 0 Å². The average Bonchev–Trinajstić information content (AvgIpc) is 3.12. The molecule has 0 radical (unpaired) electrons. The zero-order valence-electron chi connectivity index (χ0n) is 18.3. The van der Waals surface area contributed by atoms with Crippen molar-refractivity contribution in [2.45, 2.75) is 31.7 Å². The van der Waals surface area contributed by atoms with E-state index in [0.29, 0.717) is 23.9 Å². The summed E-state index contributed by atoms with van der Waals surface area (Å²) in [5, 5.41) is 20.6. The molecule has 0 aliphatic heterocycles. The fourth-order valence-electron chi connectivity index (χ4n) is 3.19. The first-order valence-electron chi connectivity index (χ1n) is 9.44. The number of nitrogen functional groups attached to an aromatic ring is 1. The number of carboxylic acid groups (broad SMARTS) is 2. The molecule has 0 fully saturated rings. The fraction of sp³-hybridized carbons (Fsp3) is 0.250. The number of H-pyrrole nitrogens is 2. The minimum absolute atomic E-state index is 0. The molecule has 0 saturated heterocycles. The molecule has 0 bridgehead atoms. The molecule has 2 aromatic heterocycles. The molecule has 1 atom stereocenters. The molecule has 3 aromatic rings. The van der Waals surface area contributed by atoms with Crippen LogP contribution in [0.2, 0.25) is 0 Å². The smallest absolute Gasteiger partial charge is 1.00 e. The number of aromatic nitrogens is 3. The van der Waals surface area contributed by atoms with Crippen LogP contribution in [0, 0.1) is 0 Å². The van der Waals surface area contributed by atoms with Crippen molar-refractivity contribution >= 4 is 34.8 Å². The van der Waals surface area contributed by atoms with Gasteiger partial charge in [0.25, 0.3) is 11.5 Å². The Balaban J connectivity index is 0.00000272. The Kier molecular flexibility index (Phi) is 8.58. The number of aryl methyl sites for hydroxylation is 2. The zero-order valence-corrected chi connectivity index (χ0v) is 19.3. The molecule has 2 heterocycles. The number of rotatable bonds is 9. The molecule has 1 amide bonds. The molecular formula is C20H22N5NaO6. The van der Waals surface area contributed by atoms with Gasteiger partial charge in [0.2, 0.25) is 5.95 Å². The Bertz CT molecular complexity index is 1190. The number of carbonyl (C=O) groups is 3. The second-order valence-electron chi connectivity index (χ2n) is 6.98. The fourth-order valence-corrected chi connectivity index (χ4v) is 3.19. The molecule has 11 nitrogen and oxygen atoms in total. The third-order valence-electron chi connectivity index (χ3n) is 4.79. The van der Waals surface area contributed by atoms with Gasteiger partial charge in [-0.15, -0.1) is 0 Å². The maximum atomic E-state index is 12.3. The van der Waals surface area contributed by atoms with Gasteiger partial charge in [-0.2, -0.15) is 4.98 Å². The van der Waals surface area contributed by atoms with Gasteiger partial charge in [-0.1, -0.05) is 12.1 Å².